The minimum atomic E-state index is -4.71. The predicted octanol–water partition coefficient (Wildman–Crippen LogP) is -2.38. The fourth-order valence-corrected chi connectivity index (χ4v) is 4.98. The molecule has 10 nitrogen and oxygen atoms in total. The molecule has 13 heteroatoms. The molecule has 0 aromatic rings. The second kappa shape index (κ2) is 3.19. The molecule has 1 saturated carbocycles. The van der Waals surface area contributed by atoms with Crippen molar-refractivity contribution >= 4 is 35.4 Å². The molecule has 2 saturated heterocycles. The van der Waals surface area contributed by atoms with Crippen molar-refractivity contribution in [3.05, 3.63) is 0 Å². The molecular weight excluding hydrogens is 378 g/mol. The molecule has 1 aliphatic carbocycles. The highest BCUT2D eigenvalue weighted by Crippen LogP contribution is 2.80. The standard InChI is InChI=1S/C6H7BrClO10P/c7-2(10)1(9)3(11)5(13)6(14,4(2,8)12)18-19(15,16-3)17-5/h1,9-14H/t1-,2-,3-,4+,5-,6-,19?/m1/s1. The first-order valence-corrected chi connectivity index (χ1v) is 7.31. The van der Waals surface area contributed by atoms with Crippen LogP contribution in [0.4, 0.5) is 0 Å². The highest BCUT2D eigenvalue weighted by molar-refractivity contribution is 9.10. The third-order valence-electron chi connectivity index (χ3n) is 3.33. The van der Waals surface area contributed by atoms with Crippen LogP contribution in [-0.4, -0.2) is 63.7 Å². The monoisotopic (exact) mass is 384 g/mol. The van der Waals surface area contributed by atoms with Crippen LogP contribution < -0.4 is 0 Å². The lowest BCUT2D eigenvalue weighted by molar-refractivity contribution is -0.479. The molecule has 2 bridgehead atoms. The number of aliphatic hydroxyl groups is 6. The summed E-state index contributed by atoms with van der Waals surface area (Å²) in [5, 5.41) is 56.4. The van der Waals surface area contributed by atoms with E-state index in [0.29, 0.717) is 0 Å². The van der Waals surface area contributed by atoms with Crippen molar-refractivity contribution in [3.8, 4) is 0 Å². The van der Waals surface area contributed by atoms with Crippen molar-refractivity contribution in [3.63, 3.8) is 0 Å². The predicted molar refractivity (Wildman–Crippen MR) is 56.4 cm³/mol. The molecule has 3 rings (SSSR count). The molecule has 0 amide bonds. The number of hydrogen-bond acceptors (Lipinski definition) is 10. The zero-order chi connectivity index (χ0) is 14.7. The Morgan fingerprint density at radius 3 is 2.00 bits per heavy atom. The summed E-state index contributed by atoms with van der Waals surface area (Å²) in [6.07, 6.45) is -2.56. The van der Waals surface area contributed by atoms with Gasteiger partial charge in [0, 0.05) is 0 Å². The van der Waals surface area contributed by atoms with Gasteiger partial charge >= 0.3 is 7.82 Å². The maximum atomic E-state index is 11.8. The van der Waals surface area contributed by atoms with Gasteiger partial charge in [-0.1, -0.05) is 11.6 Å². The first-order valence-electron chi connectivity index (χ1n) is 4.67. The summed E-state index contributed by atoms with van der Waals surface area (Å²) in [4.78, 5) is 0. The van der Waals surface area contributed by atoms with E-state index in [4.69, 9.17) is 11.6 Å². The molecule has 7 atom stereocenters. The van der Waals surface area contributed by atoms with Crippen molar-refractivity contribution in [2.45, 2.75) is 33.0 Å². The summed E-state index contributed by atoms with van der Waals surface area (Å²) in [5.41, 5.74) is 0. The normalized spacial score (nSPS) is 71.5. The van der Waals surface area contributed by atoms with E-state index < -0.39 is 40.9 Å². The fourth-order valence-electron chi connectivity index (χ4n) is 2.24. The van der Waals surface area contributed by atoms with Crippen LogP contribution in [0, 0.1) is 0 Å². The molecule has 110 valence electrons. The van der Waals surface area contributed by atoms with Gasteiger partial charge in [-0.25, -0.2) is 18.1 Å². The van der Waals surface area contributed by atoms with Crippen LogP contribution in [-0.2, 0) is 18.1 Å². The van der Waals surface area contributed by atoms with E-state index in [0.717, 1.165) is 0 Å². The van der Waals surface area contributed by atoms with Crippen molar-refractivity contribution in [2.24, 2.45) is 0 Å². The highest BCUT2D eigenvalue weighted by Gasteiger charge is 2.96. The maximum Gasteiger partial charge on any atom is 0.483 e. The lowest BCUT2D eigenvalue weighted by Gasteiger charge is -2.58. The lowest BCUT2D eigenvalue weighted by Crippen LogP contribution is -2.88. The van der Waals surface area contributed by atoms with E-state index >= 15 is 0 Å². The largest absolute Gasteiger partial charge is 0.483 e. The van der Waals surface area contributed by atoms with E-state index in [1.165, 1.54) is 0 Å². The second-order valence-electron chi connectivity index (χ2n) is 4.40. The first kappa shape index (κ1) is 14.6. The summed E-state index contributed by atoms with van der Waals surface area (Å²) in [7, 11) is -4.71. The van der Waals surface area contributed by atoms with E-state index in [1.807, 2.05) is 0 Å². The number of alkyl halides is 2. The second-order valence-corrected chi connectivity index (χ2v) is 7.60. The quantitative estimate of drug-likeness (QED) is 0.196. The number of fused-ring (bicyclic) bond motifs is 1. The van der Waals surface area contributed by atoms with Crippen LogP contribution in [0.2, 0.25) is 0 Å². The Morgan fingerprint density at radius 2 is 1.53 bits per heavy atom. The van der Waals surface area contributed by atoms with Crippen molar-refractivity contribution < 1.29 is 48.8 Å². The number of halogens is 2. The summed E-state index contributed by atoms with van der Waals surface area (Å²) in [5.74, 6) is -10.1. The van der Waals surface area contributed by atoms with Gasteiger partial charge in [-0.3, -0.25) is 0 Å². The minimum Gasteiger partial charge on any atom is -0.383 e. The van der Waals surface area contributed by atoms with Gasteiger partial charge < -0.3 is 30.6 Å². The average molecular weight is 385 g/mol. The van der Waals surface area contributed by atoms with Crippen LogP contribution in [0.1, 0.15) is 0 Å². The molecule has 1 unspecified atom stereocenters. The van der Waals surface area contributed by atoms with E-state index in [9.17, 15) is 35.2 Å². The molecule has 3 fully saturated rings. The molecule has 0 aromatic heterocycles. The number of hydrogen-bond donors (Lipinski definition) is 6. The third kappa shape index (κ3) is 1.16. The minimum absolute atomic E-state index is 2.38. The third-order valence-corrected chi connectivity index (χ3v) is 6.59. The van der Waals surface area contributed by atoms with Crippen LogP contribution in [0.25, 0.3) is 0 Å². The number of aliphatic hydroxyl groups excluding tert-OH is 1. The number of phosphoric acid groups is 1. The van der Waals surface area contributed by atoms with Gasteiger partial charge in [0.2, 0.25) is 5.06 Å². The summed E-state index contributed by atoms with van der Waals surface area (Å²) in [6, 6.07) is 0. The SMILES string of the molecule is O=P12O[C@@]3(O)[C@](O)(O1)[C@](O)(Cl)[C@@](O)(Br)[C@@H](O)[C@@]3(O)O2. The average Bonchev–Trinajstić information content (AvgIpc) is 2.57. The smallest absolute Gasteiger partial charge is 0.383 e. The zero-order valence-corrected chi connectivity index (χ0v) is 11.8. The molecule has 3 aliphatic rings. The molecule has 0 radical (unpaired) electrons. The van der Waals surface area contributed by atoms with Crippen LogP contribution in [0.3, 0.4) is 0 Å². The Labute approximate surface area is 117 Å². The Kier molecular flexibility index (Phi) is 2.45. The Balaban J connectivity index is 2.33. The van der Waals surface area contributed by atoms with E-state index in [1.54, 1.807) is 0 Å². The van der Waals surface area contributed by atoms with Crippen molar-refractivity contribution in [1.82, 2.24) is 0 Å². The van der Waals surface area contributed by atoms with E-state index in [2.05, 4.69) is 29.5 Å². The molecule has 6 N–H and O–H groups in total. The summed E-state index contributed by atoms with van der Waals surface area (Å²) < 4.78 is 21.8. The Morgan fingerprint density at radius 1 is 1.05 bits per heavy atom. The van der Waals surface area contributed by atoms with Gasteiger partial charge in [-0.2, -0.15) is 0 Å². The van der Waals surface area contributed by atoms with Gasteiger partial charge in [0.15, 0.2) is 10.6 Å². The number of rotatable bonds is 0. The van der Waals surface area contributed by atoms with Gasteiger partial charge in [-0.15, -0.1) is 0 Å². The topological polar surface area (TPSA) is 166 Å². The Hall–Kier alpha value is 0.640. The van der Waals surface area contributed by atoms with Gasteiger partial charge in [-0.05, 0) is 15.9 Å². The lowest BCUT2D eigenvalue weighted by atomic mass is 9.76. The zero-order valence-electron chi connectivity index (χ0n) is 8.60. The molecule has 19 heavy (non-hydrogen) atoms. The maximum absolute atomic E-state index is 11.8. The van der Waals surface area contributed by atoms with Gasteiger partial charge in [0.1, 0.15) is 0 Å². The summed E-state index contributed by atoms with van der Waals surface area (Å²) >= 11 is 7.88. The molecular formula is C6H7BrClO10P. The molecule has 0 aromatic carbocycles. The van der Waals surface area contributed by atoms with E-state index in [-0.39, 0.29) is 0 Å². The molecule has 2 aliphatic heterocycles. The van der Waals surface area contributed by atoms with Crippen LogP contribution >= 0.6 is 35.4 Å². The molecule has 0 spiro atoms. The van der Waals surface area contributed by atoms with Gasteiger partial charge in [0.25, 0.3) is 17.4 Å². The van der Waals surface area contributed by atoms with Gasteiger partial charge in [0.05, 0.1) is 0 Å². The van der Waals surface area contributed by atoms with Crippen molar-refractivity contribution in [2.75, 3.05) is 0 Å². The summed E-state index contributed by atoms with van der Waals surface area (Å²) in [6.45, 7) is 0. The fraction of sp³-hybridized carbons (Fsp3) is 1.00. The van der Waals surface area contributed by atoms with Crippen LogP contribution in [0.15, 0.2) is 0 Å². The molecule has 2 heterocycles. The first-order chi connectivity index (χ1) is 8.28. The highest BCUT2D eigenvalue weighted by atomic mass is 79.9. The van der Waals surface area contributed by atoms with Crippen molar-refractivity contribution in [1.29, 1.82) is 0 Å². The Bertz CT molecular complexity index is 520. The number of phosphoric ester groups is 1. The van der Waals surface area contributed by atoms with Crippen LogP contribution in [0.5, 0.6) is 0 Å².